The lowest BCUT2D eigenvalue weighted by Gasteiger charge is -2.15. The van der Waals surface area contributed by atoms with Gasteiger partial charge in [-0.2, -0.15) is 0 Å². The quantitative estimate of drug-likeness (QED) is 0.0959. The van der Waals surface area contributed by atoms with Crippen LogP contribution in [0.2, 0.25) is 0 Å². The summed E-state index contributed by atoms with van der Waals surface area (Å²) in [5.74, 6) is 0. The van der Waals surface area contributed by atoms with Crippen LogP contribution >= 0.6 is 0 Å². The standard InChI is InChI=1S/C39H39N/c1-3-5-6-13-25-40-38-20-12-8-16-33(38)28-39(40)36-24-22-29(26-30(36)14-4-2)21-23-32-27-31-15-7-9-17-34(31)37-19-11-10-18-35(32)37/h7-12,15-24,26-28H,3-6,13-14,25H2,1-2H3/b23-21+. The summed E-state index contributed by atoms with van der Waals surface area (Å²) in [7, 11) is 0. The van der Waals surface area contributed by atoms with Crippen LogP contribution < -0.4 is 0 Å². The second-order valence-corrected chi connectivity index (χ2v) is 11.0. The SMILES string of the molecule is CCCCCCn1c(-c2ccc(/C=C/c3cc4ccccc4c4ccccc34)cc2CCC)cc2ccccc21. The van der Waals surface area contributed by atoms with Crippen LogP contribution in [0.4, 0.5) is 0 Å². The molecule has 0 amide bonds. The Morgan fingerprint density at radius 1 is 0.600 bits per heavy atom. The van der Waals surface area contributed by atoms with Gasteiger partial charge in [-0.15, -0.1) is 0 Å². The molecule has 5 aromatic carbocycles. The lowest BCUT2D eigenvalue weighted by Crippen LogP contribution is -2.02. The number of aryl methyl sites for hydroxylation is 2. The van der Waals surface area contributed by atoms with Gasteiger partial charge in [-0.05, 0) is 69.3 Å². The summed E-state index contributed by atoms with van der Waals surface area (Å²) < 4.78 is 2.57. The molecule has 6 aromatic rings. The van der Waals surface area contributed by atoms with Gasteiger partial charge in [-0.25, -0.2) is 0 Å². The van der Waals surface area contributed by atoms with Gasteiger partial charge < -0.3 is 4.57 Å². The van der Waals surface area contributed by atoms with E-state index >= 15 is 0 Å². The van der Waals surface area contributed by atoms with E-state index < -0.39 is 0 Å². The van der Waals surface area contributed by atoms with E-state index in [2.05, 4.69) is 134 Å². The highest BCUT2D eigenvalue weighted by Crippen LogP contribution is 2.34. The zero-order valence-electron chi connectivity index (χ0n) is 23.9. The van der Waals surface area contributed by atoms with Crippen LogP contribution in [-0.2, 0) is 13.0 Å². The van der Waals surface area contributed by atoms with Crippen LogP contribution in [0.15, 0.2) is 103 Å². The molecule has 1 aromatic heterocycles. The van der Waals surface area contributed by atoms with Crippen molar-refractivity contribution in [3.05, 3.63) is 120 Å². The Hall–Kier alpha value is -4.10. The number of rotatable bonds is 10. The first-order valence-corrected chi connectivity index (χ1v) is 15.1. The summed E-state index contributed by atoms with van der Waals surface area (Å²) in [6, 6.07) is 38.1. The molecule has 40 heavy (non-hydrogen) atoms. The number of nitrogens with zero attached hydrogens (tertiary/aromatic N) is 1. The van der Waals surface area contributed by atoms with E-state index in [9.17, 15) is 0 Å². The largest absolute Gasteiger partial charge is 0.340 e. The van der Waals surface area contributed by atoms with Crippen LogP contribution in [0.3, 0.4) is 0 Å². The van der Waals surface area contributed by atoms with Crippen LogP contribution in [-0.4, -0.2) is 4.57 Å². The molecule has 200 valence electrons. The molecule has 0 spiro atoms. The molecule has 0 aliphatic heterocycles. The Morgan fingerprint density at radius 3 is 2.17 bits per heavy atom. The molecule has 0 fully saturated rings. The molecule has 0 N–H and O–H groups in total. The van der Waals surface area contributed by atoms with Crippen molar-refractivity contribution in [2.24, 2.45) is 0 Å². The Balaban J connectivity index is 1.39. The van der Waals surface area contributed by atoms with Crippen LogP contribution in [0.25, 0.3) is 55.9 Å². The van der Waals surface area contributed by atoms with Crippen molar-refractivity contribution in [2.45, 2.75) is 58.9 Å². The molecule has 1 nitrogen and oxygen atoms in total. The van der Waals surface area contributed by atoms with Gasteiger partial charge in [0.2, 0.25) is 0 Å². The smallest absolute Gasteiger partial charge is 0.0494 e. The summed E-state index contributed by atoms with van der Waals surface area (Å²) >= 11 is 0. The van der Waals surface area contributed by atoms with Gasteiger partial charge >= 0.3 is 0 Å². The minimum atomic E-state index is 1.07. The Morgan fingerprint density at radius 2 is 1.35 bits per heavy atom. The molecule has 0 unspecified atom stereocenters. The average molecular weight is 522 g/mol. The van der Waals surface area contributed by atoms with Crippen molar-refractivity contribution < 1.29 is 0 Å². The monoisotopic (exact) mass is 521 g/mol. The van der Waals surface area contributed by atoms with Gasteiger partial charge in [-0.3, -0.25) is 0 Å². The van der Waals surface area contributed by atoms with E-state index in [4.69, 9.17) is 0 Å². The van der Waals surface area contributed by atoms with Crippen molar-refractivity contribution in [2.75, 3.05) is 0 Å². The molecular formula is C39H39N. The van der Waals surface area contributed by atoms with Crippen LogP contribution in [0.5, 0.6) is 0 Å². The van der Waals surface area contributed by atoms with E-state index in [0.29, 0.717) is 0 Å². The highest BCUT2D eigenvalue weighted by molar-refractivity contribution is 6.11. The van der Waals surface area contributed by atoms with E-state index in [0.717, 1.165) is 19.4 Å². The normalized spacial score (nSPS) is 11.8. The molecule has 0 saturated heterocycles. The van der Waals surface area contributed by atoms with Crippen molar-refractivity contribution >= 4 is 44.6 Å². The number of hydrogen-bond donors (Lipinski definition) is 0. The number of benzene rings is 5. The summed E-state index contributed by atoms with van der Waals surface area (Å²) in [5, 5.41) is 6.55. The van der Waals surface area contributed by atoms with E-state index in [-0.39, 0.29) is 0 Å². The third kappa shape index (κ3) is 5.21. The molecule has 1 heterocycles. The Kier molecular flexibility index (Phi) is 7.82. The molecule has 0 saturated carbocycles. The Labute approximate surface area is 238 Å². The zero-order valence-corrected chi connectivity index (χ0v) is 23.9. The highest BCUT2D eigenvalue weighted by Gasteiger charge is 2.14. The molecule has 1 heteroatoms. The van der Waals surface area contributed by atoms with Crippen LogP contribution in [0.1, 0.15) is 62.6 Å². The number of hydrogen-bond acceptors (Lipinski definition) is 0. The predicted molar refractivity (Wildman–Crippen MR) is 176 cm³/mol. The molecule has 0 aliphatic carbocycles. The summed E-state index contributed by atoms with van der Waals surface area (Å²) in [5.41, 5.74) is 8.05. The fourth-order valence-corrected chi connectivity index (χ4v) is 6.22. The summed E-state index contributed by atoms with van der Waals surface area (Å²) in [6.07, 6.45) is 11.9. The zero-order chi connectivity index (χ0) is 27.3. The van der Waals surface area contributed by atoms with Gasteiger partial charge in [-0.1, -0.05) is 137 Å². The third-order valence-electron chi connectivity index (χ3n) is 8.23. The maximum atomic E-state index is 2.57. The van der Waals surface area contributed by atoms with E-state index in [1.165, 1.54) is 86.1 Å². The molecule has 0 aliphatic rings. The summed E-state index contributed by atoms with van der Waals surface area (Å²) in [4.78, 5) is 0. The second kappa shape index (κ2) is 12.0. The third-order valence-corrected chi connectivity index (χ3v) is 8.23. The lowest BCUT2D eigenvalue weighted by molar-refractivity contribution is 0.596. The molecule has 6 rings (SSSR count). The first-order chi connectivity index (χ1) is 19.8. The van der Waals surface area contributed by atoms with Gasteiger partial charge in [0.1, 0.15) is 0 Å². The van der Waals surface area contributed by atoms with E-state index in [1.807, 2.05) is 0 Å². The highest BCUT2D eigenvalue weighted by atomic mass is 15.0. The number of fused-ring (bicyclic) bond motifs is 4. The van der Waals surface area contributed by atoms with Crippen molar-refractivity contribution in [3.8, 4) is 11.3 Å². The van der Waals surface area contributed by atoms with Crippen molar-refractivity contribution in [1.82, 2.24) is 4.57 Å². The number of aromatic nitrogens is 1. The van der Waals surface area contributed by atoms with Crippen molar-refractivity contribution in [3.63, 3.8) is 0 Å². The first kappa shape index (κ1) is 26.1. The minimum absolute atomic E-state index is 1.07. The number of para-hydroxylation sites is 1. The lowest BCUT2D eigenvalue weighted by atomic mass is 9.95. The molecule has 0 atom stereocenters. The Bertz CT molecular complexity index is 1800. The van der Waals surface area contributed by atoms with Gasteiger partial charge in [0, 0.05) is 28.7 Å². The first-order valence-electron chi connectivity index (χ1n) is 15.1. The minimum Gasteiger partial charge on any atom is -0.340 e. The van der Waals surface area contributed by atoms with Crippen molar-refractivity contribution in [1.29, 1.82) is 0 Å². The van der Waals surface area contributed by atoms with Gasteiger partial charge in [0.15, 0.2) is 0 Å². The topological polar surface area (TPSA) is 4.93 Å². The molecule has 0 bridgehead atoms. The number of unbranched alkanes of at least 4 members (excludes halogenated alkanes) is 3. The van der Waals surface area contributed by atoms with Gasteiger partial charge in [0.25, 0.3) is 0 Å². The van der Waals surface area contributed by atoms with E-state index in [1.54, 1.807) is 0 Å². The molecular weight excluding hydrogens is 482 g/mol. The molecule has 0 radical (unpaired) electrons. The summed E-state index contributed by atoms with van der Waals surface area (Å²) in [6.45, 7) is 5.64. The van der Waals surface area contributed by atoms with Crippen LogP contribution in [0, 0.1) is 0 Å². The van der Waals surface area contributed by atoms with Gasteiger partial charge in [0.05, 0.1) is 0 Å². The maximum absolute atomic E-state index is 2.57. The average Bonchev–Trinajstić information content (AvgIpc) is 3.36. The maximum Gasteiger partial charge on any atom is 0.0494 e. The fraction of sp³-hybridized carbons (Fsp3) is 0.231. The predicted octanol–water partition coefficient (Wildman–Crippen LogP) is 11.3. The second-order valence-electron chi connectivity index (χ2n) is 11.0. The fourth-order valence-electron chi connectivity index (χ4n) is 6.22.